The number of aliphatic imine (C=N–C) groups is 1. The van der Waals surface area contributed by atoms with Crippen LogP contribution in [0.25, 0.3) is 0 Å². The molecule has 0 saturated heterocycles. The van der Waals surface area contributed by atoms with Gasteiger partial charge in [-0.25, -0.2) is 4.99 Å². The Bertz CT molecular complexity index is 658. The van der Waals surface area contributed by atoms with Crippen molar-refractivity contribution in [1.29, 1.82) is 0 Å². The number of ether oxygens (including phenoxy) is 3. The molecule has 0 atom stereocenters. The van der Waals surface area contributed by atoms with Crippen molar-refractivity contribution < 1.29 is 23.0 Å². The second-order valence-electron chi connectivity index (χ2n) is 7.24. The van der Waals surface area contributed by atoms with E-state index in [9.17, 15) is 8.78 Å². The molecular weight excluding hydrogens is 507 g/mol. The van der Waals surface area contributed by atoms with E-state index in [0.717, 1.165) is 37.6 Å². The lowest BCUT2D eigenvalue weighted by Gasteiger charge is -2.42. The van der Waals surface area contributed by atoms with Gasteiger partial charge < -0.3 is 24.8 Å². The summed E-state index contributed by atoms with van der Waals surface area (Å²) in [5, 5.41) is 6.71. The van der Waals surface area contributed by atoms with Gasteiger partial charge in [-0.2, -0.15) is 8.78 Å². The van der Waals surface area contributed by atoms with Gasteiger partial charge in [0.1, 0.15) is 0 Å². The summed E-state index contributed by atoms with van der Waals surface area (Å²) < 4.78 is 40.3. The van der Waals surface area contributed by atoms with E-state index in [1.54, 1.807) is 26.2 Å². The summed E-state index contributed by atoms with van der Waals surface area (Å²) in [6.07, 6.45) is 4.70. The highest BCUT2D eigenvalue weighted by molar-refractivity contribution is 14.0. The molecule has 172 valence electrons. The fourth-order valence-corrected chi connectivity index (χ4v) is 3.41. The fourth-order valence-electron chi connectivity index (χ4n) is 3.41. The quantitative estimate of drug-likeness (QED) is 0.231. The van der Waals surface area contributed by atoms with Gasteiger partial charge in [0.05, 0.1) is 13.2 Å². The molecule has 0 heterocycles. The van der Waals surface area contributed by atoms with Crippen LogP contribution < -0.4 is 20.1 Å². The molecule has 0 bridgehead atoms. The zero-order valence-corrected chi connectivity index (χ0v) is 20.3. The number of halogens is 3. The Morgan fingerprint density at radius 2 is 1.97 bits per heavy atom. The highest BCUT2D eigenvalue weighted by atomic mass is 127. The third-order valence-electron chi connectivity index (χ3n) is 5.17. The van der Waals surface area contributed by atoms with Gasteiger partial charge in [-0.3, -0.25) is 0 Å². The molecular formula is C21H34F2IN3O3. The Balaban J connectivity index is 0.00000450. The molecule has 2 N–H and O–H groups in total. The van der Waals surface area contributed by atoms with Gasteiger partial charge in [-0.15, -0.1) is 24.0 Å². The minimum Gasteiger partial charge on any atom is -0.490 e. The molecule has 0 amide bonds. The number of alkyl halides is 2. The topological polar surface area (TPSA) is 64.1 Å². The van der Waals surface area contributed by atoms with Crippen molar-refractivity contribution in [3.63, 3.8) is 0 Å². The third-order valence-corrected chi connectivity index (χ3v) is 5.17. The van der Waals surface area contributed by atoms with Crippen LogP contribution in [0, 0.1) is 5.41 Å². The van der Waals surface area contributed by atoms with Crippen LogP contribution in [0.1, 0.15) is 45.1 Å². The van der Waals surface area contributed by atoms with Crippen molar-refractivity contribution in [2.45, 2.75) is 52.7 Å². The van der Waals surface area contributed by atoms with E-state index >= 15 is 0 Å². The molecule has 0 aliphatic heterocycles. The summed E-state index contributed by atoms with van der Waals surface area (Å²) in [7, 11) is 1.74. The van der Waals surface area contributed by atoms with Crippen LogP contribution in [-0.2, 0) is 11.3 Å². The molecule has 1 fully saturated rings. The molecule has 0 unspecified atom stereocenters. The van der Waals surface area contributed by atoms with Crippen molar-refractivity contribution >= 4 is 29.9 Å². The van der Waals surface area contributed by atoms with Gasteiger partial charge in [0, 0.05) is 26.8 Å². The number of benzene rings is 1. The van der Waals surface area contributed by atoms with Crippen molar-refractivity contribution in [2.75, 3.05) is 33.4 Å². The molecule has 6 nitrogen and oxygen atoms in total. The van der Waals surface area contributed by atoms with E-state index in [1.807, 2.05) is 6.92 Å². The van der Waals surface area contributed by atoms with Crippen LogP contribution in [0.3, 0.4) is 0 Å². The Hall–Kier alpha value is -1.36. The lowest BCUT2D eigenvalue weighted by atomic mass is 9.67. The second-order valence-corrected chi connectivity index (χ2v) is 7.24. The van der Waals surface area contributed by atoms with Crippen LogP contribution in [0.4, 0.5) is 8.78 Å². The first kappa shape index (κ1) is 26.7. The lowest BCUT2D eigenvalue weighted by Crippen LogP contribution is -2.46. The molecule has 0 spiro atoms. The first-order valence-corrected chi connectivity index (χ1v) is 10.2. The zero-order valence-electron chi connectivity index (χ0n) is 18.0. The molecule has 0 radical (unpaired) electrons. The van der Waals surface area contributed by atoms with E-state index < -0.39 is 6.61 Å². The molecule has 2 rings (SSSR count). The van der Waals surface area contributed by atoms with E-state index in [0.29, 0.717) is 18.9 Å². The maximum Gasteiger partial charge on any atom is 0.387 e. The van der Waals surface area contributed by atoms with E-state index in [4.69, 9.17) is 9.47 Å². The molecule has 9 heteroatoms. The number of hydrogen-bond donors (Lipinski definition) is 2. The van der Waals surface area contributed by atoms with E-state index in [-0.39, 0.29) is 35.1 Å². The second kappa shape index (κ2) is 13.8. The van der Waals surface area contributed by atoms with Crippen LogP contribution in [0.15, 0.2) is 23.2 Å². The van der Waals surface area contributed by atoms with E-state index in [2.05, 4.69) is 20.4 Å². The summed E-state index contributed by atoms with van der Waals surface area (Å²) in [5.74, 6) is 1.07. The van der Waals surface area contributed by atoms with Gasteiger partial charge in [0.2, 0.25) is 0 Å². The molecule has 1 aromatic carbocycles. The third kappa shape index (κ3) is 8.41. The molecule has 0 aromatic heterocycles. The van der Waals surface area contributed by atoms with Crippen LogP contribution in [0.5, 0.6) is 11.5 Å². The molecule has 1 saturated carbocycles. The number of methoxy groups -OCH3 is 1. The minimum absolute atomic E-state index is 0. The predicted molar refractivity (Wildman–Crippen MR) is 125 cm³/mol. The molecule has 30 heavy (non-hydrogen) atoms. The highest BCUT2D eigenvalue weighted by Crippen LogP contribution is 2.43. The monoisotopic (exact) mass is 541 g/mol. The summed E-state index contributed by atoms with van der Waals surface area (Å²) >= 11 is 0. The first-order valence-electron chi connectivity index (χ1n) is 10.2. The van der Waals surface area contributed by atoms with Crippen LogP contribution >= 0.6 is 24.0 Å². The number of nitrogens with zero attached hydrogens (tertiary/aromatic N) is 1. The maximum atomic E-state index is 12.5. The van der Waals surface area contributed by atoms with Gasteiger partial charge in [-0.1, -0.05) is 12.5 Å². The number of hydrogen-bond acceptors (Lipinski definition) is 4. The average Bonchev–Trinajstić information content (AvgIpc) is 2.66. The number of guanidine groups is 1. The van der Waals surface area contributed by atoms with Gasteiger partial charge in [0.25, 0.3) is 0 Å². The van der Waals surface area contributed by atoms with Gasteiger partial charge >= 0.3 is 6.61 Å². The first-order chi connectivity index (χ1) is 14.0. The SMILES string of the molecule is CCNC(=NCc1ccc(OC(F)F)c(OCC)c1)NCC1(CCOC)CCC1.I. The van der Waals surface area contributed by atoms with Gasteiger partial charge in [0.15, 0.2) is 17.5 Å². The predicted octanol–water partition coefficient (Wildman–Crippen LogP) is 4.57. The van der Waals surface area contributed by atoms with E-state index in [1.165, 1.54) is 25.3 Å². The van der Waals surface area contributed by atoms with Crippen molar-refractivity contribution in [3.05, 3.63) is 23.8 Å². The summed E-state index contributed by atoms with van der Waals surface area (Å²) in [4.78, 5) is 4.64. The lowest BCUT2D eigenvalue weighted by molar-refractivity contribution is -0.0514. The Morgan fingerprint density at radius 3 is 2.53 bits per heavy atom. The maximum absolute atomic E-state index is 12.5. The standard InChI is InChI=1S/C21H33F2N3O3.HI/c1-4-24-20(26-15-21(9-6-10-21)11-12-27-3)25-14-16-7-8-17(29-19(22)23)18(13-16)28-5-2;/h7-8,13,19H,4-6,9-12,14-15H2,1-3H3,(H2,24,25,26);1H. The van der Waals surface area contributed by atoms with Crippen molar-refractivity contribution in [1.82, 2.24) is 10.6 Å². The van der Waals surface area contributed by atoms with Crippen molar-refractivity contribution in [2.24, 2.45) is 10.4 Å². The highest BCUT2D eigenvalue weighted by Gasteiger charge is 2.36. The van der Waals surface area contributed by atoms with Crippen molar-refractivity contribution in [3.8, 4) is 11.5 Å². The summed E-state index contributed by atoms with van der Waals surface area (Å²) in [6.45, 7) is 4.06. The van der Waals surface area contributed by atoms with Gasteiger partial charge in [-0.05, 0) is 56.2 Å². The zero-order chi connectivity index (χ0) is 21.1. The smallest absolute Gasteiger partial charge is 0.387 e. The average molecular weight is 541 g/mol. The molecule has 1 aromatic rings. The Labute approximate surface area is 195 Å². The summed E-state index contributed by atoms with van der Waals surface area (Å²) in [6, 6.07) is 4.91. The molecule has 1 aliphatic carbocycles. The minimum atomic E-state index is -2.89. The normalized spacial score (nSPS) is 15.2. The fraction of sp³-hybridized carbons (Fsp3) is 0.667. The Kier molecular flexibility index (Phi) is 12.3. The number of nitrogens with one attached hydrogen (secondary N) is 2. The number of rotatable bonds is 12. The summed E-state index contributed by atoms with van der Waals surface area (Å²) in [5.41, 5.74) is 1.13. The van der Waals surface area contributed by atoms with Crippen LogP contribution in [0.2, 0.25) is 0 Å². The van der Waals surface area contributed by atoms with Crippen LogP contribution in [-0.4, -0.2) is 46.0 Å². The molecule has 1 aliphatic rings. The Morgan fingerprint density at radius 1 is 1.20 bits per heavy atom. The largest absolute Gasteiger partial charge is 0.490 e.